The molecule has 0 aliphatic carbocycles. The number of fused-ring (bicyclic) bond motifs is 1. The zero-order valence-corrected chi connectivity index (χ0v) is 9.24. The predicted octanol–water partition coefficient (Wildman–Crippen LogP) is 4.16. The Balaban J connectivity index is 2.27. The van der Waals surface area contributed by atoms with Crippen molar-refractivity contribution in [3.63, 3.8) is 0 Å². The van der Waals surface area contributed by atoms with Gasteiger partial charge in [-0.2, -0.15) is 11.3 Å². The first-order chi connectivity index (χ1) is 7.34. The number of benzene rings is 1. The second kappa shape index (κ2) is 3.40. The van der Waals surface area contributed by atoms with E-state index in [1.807, 2.05) is 22.9 Å². The quantitative estimate of drug-likeness (QED) is 0.617. The molecule has 1 aromatic carbocycles. The molecule has 4 heteroatoms. The first-order valence-electron chi connectivity index (χ1n) is 4.42. The zero-order valence-electron chi connectivity index (χ0n) is 7.61. The SMILES string of the molecule is Fc1cccc2sc(-c3ccsc3)nc12. The molecule has 0 atom stereocenters. The van der Waals surface area contributed by atoms with Crippen LogP contribution in [0.25, 0.3) is 20.8 Å². The number of thiophene rings is 1. The Morgan fingerprint density at radius 1 is 1.20 bits per heavy atom. The number of thiazole rings is 1. The molecule has 0 saturated carbocycles. The van der Waals surface area contributed by atoms with E-state index >= 15 is 0 Å². The molecule has 0 fully saturated rings. The van der Waals surface area contributed by atoms with Gasteiger partial charge in [0.25, 0.3) is 0 Å². The van der Waals surface area contributed by atoms with Crippen LogP contribution in [0.1, 0.15) is 0 Å². The Hall–Kier alpha value is -1.26. The van der Waals surface area contributed by atoms with Gasteiger partial charge < -0.3 is 0 Å². The summed E-state index contributed by atoms with van der Waals surface area (Å²) in [6.07, 6.45) is 0. The van der Waals surface area contributed by atoms with Gasteiger partial charge in [0.15, 0.2) is 0 Å². The third-order valence-electron chi connectivity index (χ3n) is 2.14. The second-order valence-electron chi connectivity index (χ2n) is 3.12. The lowest BCUT2D eigenvalue weighted by Crippen LogP contribution is -1.76. The molecule has 0 spiro atoms. The van der Waals surface area contributed by atoms with Gasteiger partial charge in [0.2, 0.25) is 0 Å². The molecule has 0 bridgehead atoms. The van der Waals surface area contributed by atoms with E-state index in [-0.39, 0.29) is 5.82 Å². The van der Waals surface area contributed by atoms with E-state index in [1.54, 1.807) is 17.4 Å². The fraction of sp³-hybridized carbons (Fsp3) is 0. The number of aromatic nitrogens is 1. The normalized spacial score (nSPS) is 11.0. The highest BCUT2D eigenvalue weighted by molar-refractivity contribution is 7.22. The van der Waals surface area contributed by atoms with Crippen LogP contribution in [-0.2, 0) is 0 Å². The number of nitrogens with zero attached hydrogens (tertiary/aromatic N) is 1. The van der Waals surface area contributed by atoms with Crippen LogP contribution in [0.5, 0.6) is 0 Å². The third-order valence-corrected chi connectivity index (χ3v) is 3.89. The van der Waals surface area contributed by atoms with Crippen molar-refractivity contribution in [3.05, 3.63) is 40.8 Å². The molecular weight excluding hydrogens is 229 g/mol. The van der Waals surface area contributed by atoms with Gasteiger partial charge in [0.05, 0.1) is 4.70 Å². The number of hydrogen-bond acceptors (Lipinski definition) is 3. The molecule has 0 N–H and O–H groups in total. The number of hydrogen-bond donors (Lipinski definition) is 0. The molecule has 0 aliphatic heterocycles. The number of halogens is 1. The summed E-state index contributed by atoms with van der Waals surface area (Å²) in [5.41, 5.74) is 1.55. The summed E-state index contributed by atoms with van der Waals surface area (Å²) >= 11 is 3.15. The standard InChI is InChI=1S/C11H6FNS2/c12-8-2-1-3-9-10(8)13-11(15-9)7-4-5-14-6-7/h1-6H. The topological polar surface area (TPSA) is 12.9 Å². The van der Waals surface area contributed by atoms with Crippen LogP contribution in [0.4, 0.5) is 4.39 Å². The molecule has 0 saturated heterocycles. The average molecular weight is 235 g/mol. The molecule has 1 nitrogen and oxygen atoms in total. The molecule has 3 rings (SSSR count). The molecule has 2 aromatic heterocycles. The van der Waals surface area contributed by atoms with Crippen molar-refractivity contribution in [2.24, 2.45) is 0 Å². The Kier molecular flexibility index (Phi) is 2.04. The largest absolute Gasteiger partial charge is 0.233 e. The van der Waals surface area contributed by atoms with Gasteiger partial charge in [-0.05, 0) is 23.6 Å². The van der Waals surface area contributed by atoms with Crippen LogP contribution in [-0.4, -0.2) is 4.98 Å². The van der Waals surface area contributed by atoms with Gasteiger partial charge in [0, 0.05) is 10.9 Å². The van der Waals surface area contributed by atoms with Crippen LogP contribution >= 0.6 is 22.7 Å². The minimum absolute atomic E-state index is 0.245. The van der Waals surface area contributed by atoms with Gasteiger partial charge in [-0.25, -0.2) is 9.37 Å². The van der Waals surface area contributed by atoms with E-state index in [0.717, 1.165) is 15.3 Å². The maximum atomic E-state index is 13.4. The summed E-state index contributed by atoms with van der Waals surface area (Å²) in [4.78, 5) is 4.30. The molecule has 3 aromatic rings. The highest BCUT2D eigenvalue weighted by atomic mass is 32.1. The lowest BCUT2D eigenvalue weighted by molar-refractivity contribution is 0.637. The van der Waals surface area contributed by atoms with E-state index in [2.05, 4.69) is 4.98 Å². The first kappa shape index (κ1) is 9.00. The smallest absolute Gasteiger partial charge is 0.150 e. The maximum absolute atomic E-state index is 13.4. The van der Waals surface area contributed by atoms with E-state index in [9.17, 15) is 4.39 Å². The van der Waals surface area contributed by atoms with Crippen molar-refractivity contribution in [3.8, 4) is 10.6 Å². The van der Waals surface area contributed by atoms with Crippen LogP contribution in [0, 0.1) is 5.82 Å². The van der Waals surface area contributed by atoms with Gasteiger partial charge in [-0.1, -0.05) is 6.07 Å². The van der Waals surface area contributed by atoms with Crippen molar-refractivity contribution in [2.75, 3.05) is 0 Å². The predicted molar refractivity (Wildman–Crippen MR) is 62.9 cm³/mol. The minimum atomic E-state index is -0.245. The van der Waals surface area contributed by atoms with Crippen molar-refractivity contribution >= 4 is 32.9 Å². The maximum Gasteiger partial charge on any atom is 0.150 e. The molecule has 0 radical (unpaired) electrons. The second-order valence-corrected chi connectivity index (χ2v) is 4.93. The van der Waals surface area contributed by atoms with Crippen LogP contribution in [0.2, 0.25) is 0 Å². The highest BCUT2D eigenvalue weighted by Crippen LogP contribution is 2.32. The summed E-state index contributed by atoms with van der Waals surface area (Å²) in [5, 5.41) is 4.91. The Morgan fingerprint density at radius 3 is 2.87 bits per heavy atom. The molecule has 15 heavy (non-hydrogen) atoms. The van der Waals surface area contributed by atoms with Crippen molar-refractivity contribution < 1.29 is 4.39 Å². The molecule has 74 valence electrons. The Morgan fingerprint density at radius 2 is 2.13 bits per heavy atom. The third kappa shape index (κ3) is 1.46. The molecule has 0 amide bonds. The van der Waals surface area contributed by atoms with Crippen molar-refractivity contribution in [1.29, 1.82) is 0 Å². The zero-order chi connectivity index (χ0) is 10.3. The van der Waals surface area contributed by atoms with Gasteiger partial charge >= 0.3 is 0 Å². The Labute approximate surface area is 93.8 Å². The van der Waals surface area contributed by atoms with E-state index < -0.39 is 0 Å². The lowest BCUT2D eigenvalue weighted by Gasteiger charge is -1.87. The summed E-state index contributed by atoms with van der Waals surface area (Å²) in [6.45, 7) is 0. The van der Waals surface area contributed by atoms with Gasteiger partial charge in [-0.15, -0.1) is 11.3 Å². The highest BCUT2D eigenvalue weighted by Gasteiger charge is 2.09. The van der Waals surface area contributed by atoms with Crippen molar-refractivity contribution in [1.82, 2.24) is 4.98 Å². The van der Waals surface area contributed by atoms with Gasteiger partial charge in [0.1, 0.15) is 16.3 Å². The minimum Gasteiger partial charge on any atom is -0.233 e. The fourth-order valence-electron chi connectivity index (χ4n) is 1.42. The van der Waals surface area contributed by atoms with E-state index in [4.69, 9.17) is 0 Å². The first-order valence-corrected chi connectivity index (χ1v) is 6.18. The summed E-state index contributed by atoms with van der Waals surface area (Å²) in [5.74, 6) is -0.245. The van der Waals surface area contributed by atoms with E-state index in [1.165, 1.54) is 17.4 Å². The summed E-state index contributed by atoms with van der Waals surface area (Å²) in [6, 6.07) is 7.05. The summed E-state index contributed by atoms with van der Waals surface area (Å²) < 4.78 is 14.3. The monoisotopic (exact) mass is 235 g/mol. The van der Waals surface area contributed by atoms with Crippen molar-refractivity contribution in [2.45, 2.75) is 0 Å². The molecule has 0 unspecified atom stereocenters. The summed E-state index contributed by atoms with van der Waals surface area (Å²) in [7, 11) is 0. The van der Waals surface area contributed by atoms with E-state index in [0.29, 0.717) is 5.52 Å². The number of rotatable bonds is 1. The van der Waals surface area contributed by atoms with Crippen LogP contribution in [0.15, 0.2) is 35.0 Å². The van der Waals surface area contributed by atoms with Gasteiger partial charge in [-0.3, -0.25) is 0 Å². The number of para-hydroxylation sites is 1. The average Bonchev–Trinajstić information content (AvgIpc) is 2.86. The lowest BCUT2D eigenvalue weighted by atomic mass is 10.3. The molecule has 2 heterocycles. The van der Waals surface area contributed by atoms with Crippen LogP contribution < -0.4 is 0 Å². The van der Waals surface area contributed by atoms with Crippen LogP contribution in [0.3, 0.4) is 0 Å². The molecule has 0 aliphatic rings. The fourth-order valence-corrected chi connectivity index (χ4v) is 3.12. The molecular formula is C11H6FNS2. The Bertz CT molecular complexity index is 598.